The minimum atomic E-state index is 0.0328. The number of hydrogen-bond acceptors (Lipinski definition) is 3. The average Bonchev–Trinajstić information content (AvgIpc) is 2.96. The number of nitrogens with one attached hydrogen (secondary N) is 1. The number of imidazole rings is 1. The van der Waals surface area contributed by atoms with Crippen LogP contribution in [0, 0.1) is 13.8 Å². The molecule has 0 atom stereocenters. The van der Waals surface area contributed by atoms with E-state index in [2.05, 4.69) is 21.8 Å². The Morgan fingerprint density at radius 3 is 2.90 bits per heavy atom. The number of thiophene rings is 1. The second kappa shape index (κ2) is 6.02. The second-order valence-electron chi connectivity index (χ2n) is 5.73. The molecule has 2 heterocycles. The lowest BCUT2D eigenvalue weighted by Gasteiger charge is -2.26. The molecule has 2 aromatic rings. The quantitative estimate of drug-likeness (QED) is 0.921. The third-order valence-corrected chi connectivity index (χ3v) is 5.26. The number of hydrogen-bond donors (Lipinski definition) is 1. The summed E-state index contributed by atoms with van der Waals surface area (Å²) in [6, 6.07) is 1.98. The van der Waals surface area contributed by atoms with Crippen LogP contribution in [0.5, 0.6) is 0 Å². The summed E-state index contributed by atoms with van der Waals surface area (Å²) in [5.74, 6) is 1.85. The highest BCUT2D eigenvalue weighted by Crippen LogP contribution is 2.35. The Bertz CT molecular complexity index is 640. The van der Waals surface area contributed by atoms with Gasteiger partial charge in [0.2, 0.25) is 0 Å². The second-order valence-corrected chi connectivity index (χ2v) is 6.64. The van der Waals surface area contributed by atoms with E-state index in [4.69, 9.17) is 0 Å². The van der Waals surface area contributed by atoms with Crippen LogP contribution in [-0.2, 0) is 6.54 Å². The maximum Gasteiger partial charge on any atom is 0.261 e. The van der Waals surface area contributed by atoms with E-state index in [9.17, 15) is 4.79 Å². The topological polar surface area (TPSA) is 46.9 Å². The molecule has 0 aliphatic heterocycles. The van der Waals surface area contributed by atoms with Crippen LogP contribution in [0.4, 0.5) is 0 Å². The molecule has 0 spiro atoms. The molecule has 112 valence electrons. The lowest BCUT2D eigenvalue weighted by molar-refractivity contribution is 0.0955. The van der Waals surface area contributed by atoms with Gasteiger partial charge in [0, 0.05) is 30.9 Å². The van der Waals surface area contributed by atoms with Gasteiger partial charge in [-0.25, -0.2) is 4.98 Å². The van der Waals surface area contributed by atoms with Gasteiger partial charge in [0.1, 0.15) is 5.82 Å². The summed E-state index contributed by atoms with van der Waals surface area (Å²) in [6.07, 6.45) is 5.75. The number of aryl methyl sites for hydroxylation is 2. The van der Waals surface area contributed by atoms with Gasteiger partial charge in [-0.2, -0.15) is 0 Å². The molecule has 1 saturated carbocycles. The normalized spacial score (nSPS) is 15.0. The summed E-state index contributed by atoms with van der Waals surface area (Å²) in [4.78, 5) is 17.5. The van der Waals surface area contributed by atoms with Gasteiger partial charge in [-0.1, -0.05) is 6.42 Å². The van der Waals surface area contributed by atoms with E-state index in [-0.39, 0.29) is 5.91 Å². The number of carbonyl (C=O) groups excluding carboxylic acids is 1. The highest BCUT2D eigenvalue weighted by Gasteiger charge is 2.24. The molecule has 5 heteroatoms. The summed E-state index contributed by atoms with van der Waals surface area (Å²) in [6.45, 7) is 5.50. The predicted molar refractivity (Wildman–Crippen MR) is 84.9 cm³/mol. The Morgan fingerprint density at radius 1 is 1.48 bits per heavy atom. The number of rotatable bonds is 5. The molecule has 0 saturated heterocycles. The first-order valence-electron chi connectivity index (χ1n) is 7.51. The average molecular weight is 303 g/mol. The fourth-order valence-corrected chi connectivity index (χ4v) is 3.57. The summed E-state index contributed by atoms with van der Waals surface area (Å²) in [5, 5.41) is 4.97. The first-order valence-corrected chi connectivity index (χ1v) is 8.39. The van der Waals surface area contributed by atoms with Gasteiger partial charge in [0.25, 0.3) is 5.91 Å². The van der Waals surface area contributed by atoms with Crippen molar-refractivity contribution in [2.24, 2.45) is 0 Å². The molecule has 0 bridgehead atoms. The molecule has 1 aliphatic rings. The number of nitrogens with zero attached hydrogens (tertiary/aromatic N) is 2. The van der Waals surface area contributed by atoms with E-state index in [1.165, 1.54) is 42.1 Å². The van der Waals surface area contributed by atoms with Gasteiger partial charge >= 0.3 is 0 Å². The maximum atomic E-state index is 12.1. The zero-order valence-electron chi connectivity index (χ0n) is 12.6. The molecular formula is C16H21N3OS. The monoisotopic (exact) mass is 303 g/mol. The lowest BCUT2D eigenvalue weighted by atomic mass is 9.85. The Balaban J connectivity index is 1.59. The number of amides is 1. The molecule has 1 fully saturated rings. The van der Waals surface area contributed by atoms with Crippen LogP contribution in [0.25, 0.3) is 0 Å². The highest BCUT2D eigenvalue weighted by atomic mass is 32.1. The van der Waals surface area contributed by atoms with Gasteiger partial charge in [-0.05, 0) is 43.7 Å². The first kappa shape index (κ1) is 14.3. The van der Waals surface area contributed by atoms with Crippen molar-refractivity contribution in [3.8, 4) is 0 Å². The van der Waals surface area contributed by atoms with Gasteiger partial charge in [0.15, 0.2) is 0 Å². The first-order chi connectivity index (χ1) is 10.2. The largest absolute Gasteiger partial charge is 0.350 e. The maximum absolute atomic E-state index is 12.1. The van der Waals surface area contributed by atoms with Crippen molar-refractivity contribution >= 4 is 17.2 Å². The van der Waals surface area contributed by atoms with Crippen molar-refractivity contribution in [3.05, 3.63) is 39.6 Å². The van der Waals surface area contributed by atoms with Crippen LogP contribution >= 0.6 is 11.3 Å². The van der Waals surface area contributed by atoms with Crippen molar-refractivity contribution in [1.29, 1.82) is 0 Å². The zero-order chi connectivity index (χ0) is 14.8. The minimum absolute atomic E-state index is 0.0328. The molecule has 21 heavy (non-hydrogen) atoms. The van der Waals surface area contributed by atoms with Crippen molar-refractivity contribution in [2.45, 2.75) is 45.6 Å². The van der Waals surface area contributed by atoms with Crippen molar-refractivity contribution in [3.63, 3.8) is 0 Å². The minimum Gasteiger partial charge on any atom is -0.350 e. The highest BCUT2D eigenvalue weighted by molar-refractivity contribution is 7.12. The van der Waals surface area contributed by atoms with E-state index in [1.807, 2.05) is 24.6 Å². The third kappa shape index (κ3) is 2.88. The van der Waals surface area contributed by atoms with E-state index < -0.39 is 0 Å². The van der Waals surface area contributed by atoms with Crippen LogP contribution < -0.4 is 5.32 Å². The van der Waals surface area contributed by atoms with Crippen LogP contribution in [-0.4, -0.2) is 22.0 Å². The van der Waals surface area contributed by atoms with Crippen LogP contribution in [0.2, 0.25) is 0 Å². The Morgan fingerprint density at radius 2 is 2.29 bits per heavy atom. The van der Waals surface area contributed by atoms with E-state index in [0.29, 0.717) is 12.5 Å². The predicted octanol–water partition coefficient (Wildman–Crippen LogP) is 3.26. The number of carbonyl (C=O) groups is 1. The molecule has 3 rings (SSSR count). The summed E-state index contributed by atoms with van der Waals surface area (Å²) in [5.41, 5.74) is 2.23. The van der Waals surface area contributed by atoms with Crippen LogP contribution in [0.15, 0.2) is 17.6 Å². The van der Waals surface area contributed by atoms with Crippen molar-refractivity contribution < 1.29 is 4.79 Å². The molecule has 1 amide bonds. The standard InChI is InChI=1S/C16H21N3OS/c1-11-6-9-21-14(11)16(20)17-7-8-19-12(2)10-18-15(19)13-4-3-5-13/h6,9-10,13H,3-5,7-8H2,1-2H3,(H,17,20). The molecule has 4 nitrogen and oxygen atoms in total. The molecular weight excluding hydrogens is 282 g/mol. The van der Waals surface area contributed by atoms with E-state index >= 15 is 0 Å². The Labute approximate surface area is 129 Å². The number of aromatic nitrogens is 2. The van der Waals surface area contributed by atoms with E-state index in [0.717, 1.165) is 17.0 Å². The SMILES string of the molecule is Cc1ccsc1C(=O)NCCn1c(C)cnc1C1CCC1. The summed E-state index contributed by atoms with van der Waals surface area (Å²) in [7, 11) is 0. The molecule has 0 aromatic carbocycles. The molecule has 1 aliphatic carbocycles. The molecule has 1 N–H and O–H groups in total. The third-order valence-electron chi connectivity index (χ3n) is 4.25. The van der Waals surface area contributed by atoms with E-state index in [1.54, 1.807) is 0 Å². The van der Waals surface area contributed by atoms with Crippen LogP contribution in [0.1, 0.15) is 51.9 Å². The summed E-state index contributed by atoms with van der Waals surface area (Å²) >= 11 is 1.50. The Kier molecular flexibility index (Phi) is 4.10. The fourth-order valence-electron chi connectivity index (χ4n) is 2.73. The van der Waals surface area contributed by atoms with Crippen molar-refractivity contribution in [1.82, 2.24) is 14.9 Å². The molecule has 0 unspecified atom stereocenters. The summed E-state index contributed by atoms with van der Waals surface area (Å²) < 4.78 is 2.26. The van der Waals surface area contributed by atoms with Gasteiger partial charge in [-0.3, -0.25) is 4.79 Å². The zero-order valence-corrected chi connectivity index (χ0v) is 13.4. The van der Waals surface area contributed by atoms with Gasteiger partial charge < -0.3 is 9.88 Å². The Hall–Kier alpha value is -1.62. The van der Waals surface area contributed by atoms with Gasteiger partial charge in [0.05, 0.1) is 4.88 Å². The van der Waals surface area contributed by atoms with Crippen molar-refractivity contribution in [2.75, 3.05) is 6.54 Å². The smallest absolute Gasteiger partial charge is 0.261 e. The van der Waals surface area contributed by atoms with Crippen LogP contribution in [0.3, 0.4) is 0 Å². The fraction of sp³-hybridized carbons (Fsp3) is 0.500. The molecule has 0 radical (unpaired) electrons. The lowest BCUT2D eigenvalue weighted by Crippen LogP contribution is -2.28. The van der Waals surface area contributed by atoms with Gasteiger partial charge in [-0.15, -0.1) is 11.3 Å². The molecule has 2 aromatic heterocycles.